The van der Waals surface area contributed by atoms with E-state index in [1.165, 1.54) is 12.1 Å². The van der Waals surface area contributed by atoms with Crippen molar-refractivity contribution < 1.29 is 8.78 Å². The summed E-state index contributed by atoms with van der Waals surface area (Å²) in [4.78, 5) is 6.44. The molecule has 1 aliphatic rings. The van der Waals surface area contributed by atoms with Crippen LogP contribution in [0.3, 0.4) is 0 Å². The van der Waals surface area contributed by atoms with Crippen molar-refractivity contribution in [1.82, 2.24) is 9.88 Å². The highest BCUT2D eigenvalue weighted by Gasteiger charge is 2.20. The molecular weight excluding hydrogens is 310 g/mol. The molecule has 2 aromatic rings. The molecule has 1 aliphatic heterocycles. The standard InChI is InChI=1S/C18H18F2N4/c19-16-4-3-13(10-17(16)20)12-24-8-5-15(6-9-24)23-18-14(11-21)2-1-7-22-18/h1-4,7,10,15H,5-6,8-9,12H2,(H,22,23). The summed E-state index contributed by atoms with van der Waals surface area (Å²) in [5.74, 6) is -0.993. The molecule has 24 heavy (non-hydrogen) atoms. The molecule has 2 heterocycles. The van der Waals surface area contributed by atoms with Crippen molar-refractivity contribution in [2.45, 2.75) is 25.4 Å². The topological polar surface area (TPSA) is 52.0 Å². The zero-order valence-corrected chi connectivity index (χ0v) is 13.2. The number of pyridine rings is 1. The lowest BCUT2D eigenvalue weighted by molar-refractivity contribution is 0.211. The van der Waals surface area contributed by atoms with Crippen LogP contribution in [0.2, 0.25) is 0 Å². The van der Waals surface area contributed by atoms with Gasteiger partial charge in [0, 0.05) is 31.9 Å². The van der Waals surface area contributed by atoms with Gasteiger partial charge in [0.15, 0.2) is 11.6 Å². The van der Waals surface area contributed by atoms with Crippen molar-refractivity contribution >= 4 is 5.82 Å². The summed E-state index contributed by atoms with van der Waals surface area (Å²) < 4.78 is 26.2. The molecule has 1 aromatic carbocycles. The molecule has 1 saturated heterocycles. The number of aromatic nitrogens is 1. The van der Waals surface area contributed by atoms with E-state index in [-0.39, 0.29) is 6.04 Å². The number of likely N-dealkylation sites (tertiary alicyclic amines) is 1. The molecule has 4 nitrogen and oxygen atoms in total. The molecule has 124 valence electrons. The van der Waals surface area contributed by atoms with Gasteiger partial charge in [-0.15, -0.1) is 0 Å². The van der Waals surface area contributed by atoms with Crippen molar-refractivity contribution in [1.29, 1.82) is 5.26 Å². The normalized spacial score (nSPS) is 15.9. The lowest BCUT2D eigenvalue weighted by Crippen LogP contribution is -2.38. The minimum absolute atomic E-state index is 0.258. The fourth-order valence-corrected chi connectivity index (χ4v) is 2.94. The Labute approximate surface area is 139 Å². The van der Waals surface area contributed by atoms with Crippen LogP contribution < -0.4 is 5.32 Å². The Morgan fingerprint density at radius 2 is 2.00 bits per heavy atom. The average molecular weight is 328 g/mol. The SMILES string of the molecule is N#Cc1cccnc1NC1CCN(Cc2ccc(F)c(F)c2)CC1. The number of rotatable bonds is 4. The molecule has 3 rings (SSSR count). The van der Waals surface area contributed by atoms with Crippen LogP contribution in [0.15, 0.2) is 36.5 Å². The third kappa shape index (κ3) is 3.87. The van der Waals surface area contributed by atoms with E-state index in [9.17, 15) is 8.78 Å². The number of halogens is 2. The van der Waals surface area contributed by atoms with Crippen LogP contribution in [-0.4, -0.2) is 29.0 Å². The summed E-state index contributed by atoms with van der Waals surface area (Å²) in [5, 5.41) is 12.4. The van der Waals surface area contributed by atoms with Crippen molar-refractivity contribution in [3.63, 3.8) is 0 Å². The van der Waals surface area contributed by atoms with Crippen molar-refractivity contribution in [3.05, 3.63) is 59.3 Å². The van der Waals surface area contributed by atoms with Crippen LogP contribution in [0.1, 0.15) is 24.0 Å². The first-order valence-corrected chi connectivity index (χ1v) is 7.93. The molecule has 6 heteroatoms. The minimum atomic E-state index is -0.815. The smallest absolute Gasteiger partial charge is 0.159 e. The predicted octanol–water partition coefficient (Wildman–Crippen LogP) is 3.31. The van der Waals surface area contributed by atoms with Gasteiger partial charge in [0.1, 0.15) is 11.9 Å². The van der Waals surface area contributed by atoms with Crippen LogP contribution in [-0.2, 0) is 6.54 Å². The van der Waals surface area contributed by atoms with Crippen LogP contribution >= 0.6 is 0 Å². The van der Waals surface area contributed by atoms with E-state index < -0.39 is 11.6 Å². The Kier molecular flexibility index (Phi) is 5.02. The van der Waals surface area contributed by atoms with E-state index in [0.29, 0.717) is 17.9 Å². The molecule has 0 atom stereocenters. The average Bonchev–Trinajstić information content (AvgIpc) is 2.60. The highest BCUT2D eigenvalue weighted by molar-refractivity contribution is 5.51. The first-order valence-electron chi connectivity index (χ1n) is 7.93. The maximum Gasteiger partial charge on any atom is 0.159 e. The number of hydrogen-bond donors (Lipinski definition) is 1. The summed E-state index contributed by atoms with van der Waals surface area (Å²) >= 11 is 0. The lowest BCUT2D eigenvalue weighted by Gasteiger charge is -2.32. The fraction of sp³-hybridized carbons (Fsp3) is 0.333. The van der Waals surface area contributed by atoms with E-state index in [0.717, 1.165) is 31.5 Å². The Morgan fingerprint density at radius 1 is 1.21 bits per heavy atom. The summed E-state index contributed by atoms with van der Waals surface area (Å²) in [7, 11) is 0. The van der Waals surface area contributed by atoms with Gasteiger partial charge in [-0.25, -0.2) is 13.8 Å². The molecule has 0 radical (unpaired) electrons. The van der Waals surface area contributed by atoms with Gasteiger partial charge in [0.2, 0.25) is 0 Å². The number of nitrogens with zero attached hydrogens (tertiary/aromatic N) is 3. The van der Waals surface area contributed by atoms with Gasteiger partial charge in [-0.1, -0.05) is 6.07 Å². The second-order valence-electron chi connectivity index (χ2n) is 5.95. The largest absolute Gasteiger partial charge is 0.366 e. The van der Waals surface area contributed by atoms with Crippen molar-refractivity contribution in [2.24, 2.45) is 0 Å². The molecule has 0 amide bonds. The molecular formula is C18H18F2N4. The lowest BCUT2D eigenvalue weighted by atomic mass is 10.0. The first kappa shape index (κ1) is 16.3. The number of nitrogens with one attached hydrogen (secondary N) is 1. The summed E-state index contributed by atoms with van der Waals surface area (Å²) in [6.45, 7) is 2.31. The molecule has 1 N–H and O–H groups in total. The quantitative estimate of drug-likeness (QED) is 0.935. The summed E-state index contributed by atoms with van der Waals surface area (Å²) in [5.41, 5.74) is 1.32. The van der Waals surface area contributed by atoms with Gasteiger partial charge < -0.3 is 5.32 Å². The minimum Gasteiger partial charge on any atom is -0.366 e. The van der Waals surface area contributed by atoms with Gasteiger partial charge in [-0.05, 0) is 42.7 Å². The molecule has 0 unspecified atom stereocenters. The van der Waals surface area contributed by atoms with Crippen LogP contribution in [0.4, 0.5) is 14.6 Å². The van der Waals surface area contributed by atoms with Crippen molar-refractivity contribution in [3.8, 4) is 6.07 Å². The molecule has 0 bridgehead atoms. The Morgan fingerprint density at radius 3 is 2.71 bits per heavy atom. The predicted molar refractivity (Wildman–Crippen MR) is 87.2 cm³/mol. The molecule has 1 fully saturated rings. The van der Waals surface area contributed by atoms with Crippen LogP contribution in [0.25, 0.3) is 0 Å². The first-order chi connectivity index (χ1) is 11.7. The van der Waals surface area contributed by atoms with Gasteiger partial charge in [-0.2, -0.15) is 5.26 Å². The number of piperidine rings is 1. The van der Waals surface area contributed by atoms with E-state index in [1.807, 2.05) is 0 Å². The van der Waals surface area contributed by atoms with E-state index in [1.54, 1.807) is 24.4 Å². The van der Waals surface area contributed by atoms with Gasteiger partial charge in [0.25, 0.3) is 0 Å². The molecule has 0 spiro atoms. The van der Waals surface area contributed by atoms with Crippen LogP contribution in [0.5, 0.6) is 0 Å². The fourth-order valence-electron chi connectivity index (χ4n) is 2.94. The second-order valence-corrected chi connectivity index (χ2v) is 5.95. The van der Waals surface area contributed by atoms with Gasteiger partial charge >= 0.3 is 0 Å². The monoisotopic (exact) mass is 328 g/mol. The highest BCUT2D eigenvalue weighted by atomic mass is 19.2. The molecule has 0 aliphatic carbocycles. The Bertz CT molecular complexity index is 749. The van der Waals surface area contributed by atoms with Crippen LogP contribution in [0, 0.1) is 23.0 Å². The molecule has 1 aromatic heterocycles. The number of nitriles is 1. The highest BCUT2D eigenvalue weighted by Crippen LogP contribution is 2.19. The molecule has 0 saturated carbocycles. The van der Waals surface area contributed by atoms with Gasteiger partial charge in [-0.3, -0.25) is 4.90 Å². The van der Waals surface area contributed by atoms with Crippen molar-refractivity contribution in [2.75, 3.05) is 18.4 Å². The number of anilines is 1. The summed E-state index contributed by atoms with van der Waals surface area (Å²) in [6.07, 6.45) is 3.48. The Hall–Kier alpha value is -2.52. The maximum absolute atomic E-state index is 13.3. The van der Waals surface area contributed by atoms with E-state index >= 15 is 0 Å². The maximum atomic E-state index is 13.3. The Balaban J connectivity index is 1.54. The number of hydrogen-bond acceptors (Lipinski definition) is 4. The summed E-state index contributed by atoms with van der Waals surface area (Å²) in [6, 6.07) is 9.93. The zero-order valence-electron chi connectivity index (χ0n) is 13.2. The third-order valence-corrected chi connectivity index (χ3v) is 4.25. The third-order valence-electron chi connectivity index (χ3n) is 4.25. The zero-order chi connectivity index (χ0) is 16.9. The number of benzene rings is 1. The van der Waals surface area contributed by atoms with Gasteiger partial charge in [0.05, 0.1) is 5.56 Å². The van der Waals surface area contributed by atoms with E-state index in [2.05, 4.69) is 21.3 Å². The second kappa shape index (κ2) is 7.37. The van der Waals surface area contributed by atoms with E-state index in [4.69, 9.17) is 5.26 Å².